The average molecular weight is 487 g/mol. The molecule has 2 aromatic heterocycles. The Morgan fingerprint density at radius 2 is 2.00 bits per heavy atom. The molecule has 0 saturated heterocycles. The number of allylic oxidation sites excluding steroid dienone is 1. The Hall–Kier alpha value is -2.71. The number of thiazole rings is 1. The van der Waals surface area contributed by atoms with Gasteiger partial charge < -0.3 is 9.15 Å². The number of hydrogen-bond acceptors (Lipinski definition) is 6. The fourth-order valence-corrected chi connectivity index (χ4v) is 4.70. The fourth-order valence-electron chi connectivity index (χ4n) is 3.41. The van der Waals surface area contributed by atoms with Crippen LogP contribution >= 0.6 is 27.3 Å². The molecule has 0 spiro atoms. The molecular weight excluding hydrogens is 468 g/mol. The third-order valence-corrected chi connectivity index (χ3v) is 6.25. The summed E-state index contributed by atoms with van der Waals surface area (Å²) < 4.78 is 13.8. The number of aryl methyl sites for hydroxylation is 1. The second-order valence-corrected chi connectivity index (χ2v) is 8.73. The van der Waals surface area contributed by atoms with Crippen LogP contribution in [0.15, 0.2) is 66.3 Å². The first-order valence-corrected chi connectivity index (χ1v) is 11.0. The van der Waals surface area contributed by atoms with Gasteiger partial charge in [0.2, 0.25) is 0 Å². The number of carbonyl (C=O) groups excluding carboxylic acids is 1. The van der Waals surface area contributed by atoms with Gasteiger partial charge in [-0.25, -0.2) is 9.79 Å². The summed E-state index contributed by atoms with van der Waals surface area (Å²) in [5, 5.41) is 0. The monoisotopic (exact) mass is 486 g/mol. The predicted molar refractivity (Wildman–Crippen MR) is 118 cm³/mol. The van der Waals surface area contributed by atoms with E-state index in [9.17, 15) is 9.59 Å². The van der Waals surface area contributed by atoms with Crippen molar-refractivity contribution in [3.8, 4) is 0 Å². The Morgan fingerprint density at radius 3 is 2.63 bits per heavy atom. The van der Waals surface area contributed by atoms with Gasteiger partial charge in [0.1, 0.15) is 11.5 Å². The Morgan fingerprint density at radius 1 is 1.27 bits per heavy atom. The molecule has 154 valence electrons. The Bertz CT molecular complexity index is 1330. The van der Waals surface area contributed by atoms with Gasteiger partial charge in [0.05, 0.1) is 28.5 Å². The minimum atomic E-state index is -0.617. The lowest BCUT2D eigenvalue weighted by Crippen LogP contribution is -2.39. The molecule has 3 heterocycles. The summed E-state index contributed by atoms with van der Waals surface area (Å²) >= 11 is 4.71. The zero-order valence-corrected chi connectivity index (χ0v) is 19.0. The van der Waals surface area contributed by atoms with Gasteiger partial charge in [-0.2, -0.15) is 0 Å². The van der Waals surface area contributed by atoms with Crippen molar-refractivity contribution in [3.63, 3.8) is 0 Å². The molecule has 0 amide bonds. The summed E-state index contributed by atoms with van der Waals surface area (Å²) in [4.78, 5) is 31.2. The number of esters is 1. The highest BCUT2D eigenvalue weighted by atomic mass is 79.9. The maximum atomic E-state index is 13.4. The highest BCUT2D eigenvalue weighted by Gasteiger charge is 2.33. The predicted octanol–water partition coefficient (Wildman–Crippen LogP) is 3.46. The highest BCUT2D eigenvalue weighted by Crippen LogP contribution is 2.31. The van der Waals surface area contributed by atoms with Crippen LogP contribution in [0, 0.1) is 6.92 Å². The molecule has 30 heavy (non-hydrogen) atoms. The van der Waals surface area contributed by atoms with Crippen molar-refractivity contribution >= 4 is 39.3 Å². The molecule has 0 saturated carbocycles. The fraction of sp³-hybridized carbons (Fsp3) is 0.227. The van der Waals surface area contributed by atoms with E-state index < -0.39 is 12.0 Å². The molecule has 1 atom stereocenters. The van der Waals surface area contributed by atoms with E-state index in [1.165, 1.54) is 11.3 Å². The molecule has 8 heteroatoms. The second kappa shape index (κ2) is 8.20. The zero-order chi connectivity index (χ0) is 21.4. The normalized spacial score (nSPS) is 16.4. The molecule has 0 bridgehead atoms. The highest BCUT2D eigenvalue weighted by molar-refractivity contribution is 9.10. The number of nitrogens with zero attached hydrogens (tertiary/aromatic N) is 2. The van der Waals surface area contributed by atoms with E-state index in [0.717, 1.165) is 15.8 Å². The van der Waals surface area contributed by atoms with Gasteiger partial charge in [0, 0.05) is 10.5 Å². The molecule has 0 aliphatic carbocycles. The van der Waals surface area contributed by atoms with E-state index in [4.69, 9.17) is 9.15 Å². The first-order valence-electron chi connectivity index (χ1n) is 9.40. The molecule has 0 fully saturated rings. The van der Waals surface area contributed by atoms with Gasteiger partial charge in [-0.15, -0.1) is 0 Å². The number of carbonyl (C=O) groups is 1. The van der Waals surface area contributed by atoms with Crippen molar-refractivity contribution in [1.82, 2.24) is 4.57 Å². The van der Waals surface area contributed by atoms with Crippen LogP contribution in [-0.4, -0.2) is 17.1 Å². The van der Waals surface area contributed by atoms with Gasteiger partial charge in [0.25, 0.3) is 5.56 Å². The van der Waals surface area contributed by atoms with Crippen molar-refractivity contribution in [1.29, 1.82) is 0 Å². The summed E-state index contributed by atoms with van der Waals surface area (Å²) in [6.45, 7) is 5.61. The third-order valence-electron chi connectivity index (χ3n) is 4.74. The van der Waals surface area contributed by atoms with E-state index in [-0.39, 0.29) is 12.2 Å². The number of furan rings is 1. The molecule has 3 aromatic rings. The van der Waals surface area contributed by atoms with Crippen LogP contribution < -0.4 is 14.9 Å². The number of fused-ring (bicyclic) bond motifs is 1. The molecule has 1 aliphatic heterocycles. The van der Waals surface area contributed by atoms with Crippen molar-refractivity contribution in [3.05, 3.63) is 88.9 Å². The van der Waals surface area contributed by atoms with Gasteiger partial charge in [0.15, 0.2) is 4.80 Å². The lowest BCUT2D eigenvalue weighted by atomic mass is 9.96. The lowest BCUT2D eigenvalue weighted by Gasteiger charge is -2.24. The summed E-state index contributed by atoms with van der Waals surface area (Å²) in [6, 6.07) is 10.6. The van der Waals surface area contributed by atoms with Crippen LogP contribution in [0.5, 0.6) is 0 Å². The Labute approximate surface area is 185 Å². The first kappa shape index (κ1) is 20.6. The SMILES string of the molecule is CCOC(=O)C1=C(C)N=c2s/c(=C\c3ccc(C)o3)c(=O)n2[C@H]1c1ccc(Br)cc1. The maximum Gasteiger partial charge on any atom is 0.338 e. The summed E-state index contributed by atoms with van der Waals surface area (Å²) in [5.41, 5.74) is 1.49. The van der Waals surface area contributed by atoms with Crippen LogP contribution in [0.2, 0.25) is 0 Å². The largest absolute Gasteiger partial charge is 0.463 e. The van der Waals surface area contributed by atoms with Crippen molar-refractivity contribution < 1.29 is 13.9 Å². The standard InChI is InChI=1S/C22H19BrN2O4S/c1-4-28-21(27)18-13(3)24-22-25(19(18)14-6-8-15(23)9-7-14)20(26)17(30-22)11-16-10-5-12(2)29-16/h5-11,19H,4H2,1-3H3/b17-11-/t19-/m0/s1. The van der Waals surface area contributed by atoms with E-state index in [1.807, 2.05) is 43.3 Å². The van der Waals surface area contributed by atoms with Gasteiger partial charge in [-0.05, 0) is 50.6 Å². The second-order valence-electron chi connectivity index (χ2n) is 6.80. The van der Waals surface area contributed by atoms with Crippen LogP contribution in [0.1, 0.15) is 37.0 Å². The van der Waals surface area contributed by atoms with E-state index in [2.05, 4.69) is 20.9 Å². The molecule has 0 N–H and O–H groups in total. The average Bonchev–Trinajstić information content (AvgIpc) is 3.24. The Balaban J connectivity index is 1.96. The number of halogens is 1. The lowest BCUT2D eigenvalue weighted by molar-refractivity contribution is -0.139. The summed E-state index contributed by atoms with van der Waals surface area (Å²) in [6.07, 6.45) is 1.71. The molecular formula is C22H19BrN2O4S. The minimum absolute atomic E-state index is 0.227. The Kier molecular flexibility index (Phi) is 5.62. The van der Waals surface area contributed by atoms with E-state index >= 15 is 0 Å². The number of ether oxygens (including phenoxy) is 1. The summed E-state index contributed by atoms with van der Waals surface area (Å²) in [7, 11) is 0. The van der Waals surface area contributed by atoms with E-state index in [1.54, 1.807) is 24.5 Å². The summed E-state index contributed by atoms with van der Waals surface area (Å²) in [5.74, 6) is 0.893. The van der Waals surface area contributed by atoms with Crippen molar-refractivity contribution in [2.24, 2.45) is 4.99 Å². The topological polar surface area (TPSA) is 73.8 Å². The number of hydrogen-bond donors (Lipinski definition) is 0. The van der Waals surface area contributed by atoms with Crippen LogP contribution in [-0.2, 0) is 9.53 Å². The van der Waals surface area contributed by atoms with Gasteiger partial charge in [-0.3, -0.25) is 9.36 Å². The molecule has 1 aromatic carbocycles. The van der Waals surface area contributed by atoms with Crippen LogP contribution in [0.4, 0.5) is 0 Å². The maximum absolute atomic E-state index is 13.4. The van der Waals surface area contributed by atoms with Gasteiger partial charge in [-0.1, -0.05) is 39.4 Å². The van der Waals surface area contributed by atoms with Gasteiger partial charge >= 0.3 is 5.97 Å². The number of rotatable bonds is 4. The first-order chi connectivity index (χ1) is 14.4. The van der Waals surface area contributed by atoms with Crippen molar-refractivity contribution in [2.75, 3.05) is 6.61 Å². The number of benzene rings is 1. The molecule has 4 rings (SSSR count). The quantitative estimate of drug-likeness (QED) is 0.529. The molecule has 0 radical (unpaired) electrons. The van der Waals surface area contributed by atoms with Crippen LogP contribution in [0.3, 0.4) is 0 Å². The molecule has 1 aliphatic rings. The minimum Gasteiger partial charge on any atom is -0.463 e. The zero-order valence-electron chi connectivity index (χ0n) is 16.6. The smallest absolute Gasteiger partial charge is 0.338 e. The van der Waals surface area contributed by atoms with Crippen LogP contribution in [0.25, 0.3) is 6.08 Å². The van der Waals surface area contributed by atoms with Crippen molar-refractivity contribution in [2.45, 2.75) is 26.8 Å². The van der Waals surface area contributed by atoms with E-state index in [0.29, 0.717) is 26.4 Å². The third kappa shape index (κ3) is 3.73. The molecule has 6 nitrogen and oxygen atoms in total. The number of aromatic nitrogens is 1. The molecule has 0 unspecified atom stereocenters.